The number of rotatable bonds is 6. The Hall–Kier alpha value is -3.12. The lowest BCUT2D eigenvalue weighted by molar-refractivity contribution is -0.115. The Morgan fingerprint density at radius 1 is 1.00 bits per heavy atom. The van der Waals surface area contributed by atoms with Gasteiger partial charge in [0.2, 0.25) is 5.91 Å². The number of imidazole rings is 1. The molecule has 0 fully saturated rings. The minimum Gasteiger partial charge on any atom is -0.315 e. The zero-order valence-electron chi connectivity index (χ0n) is 16.0. The Kier molecular flexibility index (Phi) is 5.62. The van der Waals surface area contributed by atoms with Crippen LogP contribution in [-0.4, -0.2) is 28.3 Å². The first-order valence-corrected chi connectivity index (χ1v) is 10.2. The molecule has 29 heavy (non-hydrogen) atoms. The van der Waals surface area contributed by atoms with E-state index in [1.807, 2.05) is 54.6 Å². The molecule has 0 spiro atoms. The van der Waals surface area contributed by atoms with Gasteiger partial charge in [-0.15, -0.1) is 0 Å². The summed E-state index contributed by atoms with van der Waals surface area (Å²) in [5.74, 6) is 0.0213. The van der Waals surface area contributed by atoms with Gasteiger partial charge >= 0.3 is 0 Å². The first-order valence-electron chi connectivity index (χ1n) is 9.26. The zero-order valence-corrected chi connectivity index (χ0v) is 16.8. The number of nitrogens with zero attached hydrogens (tertiary/aromatic N) is 3. The van der Waals surface area contributed by atoms with E-state index in [2.05, 4.69) is 4.57 Å². The van der Waals surface area contributed by atoms with E-state index in [1.54, 1.807) is 24.1 Å². The fraction of sp³-hybridized carbons (Fsp3) is 0.130. The average Bonchev–Trinajstić information content (AvgIpc) is 3.11. The van der Waals surface area contributed by atoms with Crippen LogP contribution in [0, 0.1) is 5.82 Å². The molecule has 0 radical (unpaired) electrons. The van der Waals surface area contributed by atoms with Crippen LogP contribution in [0.15, 0.2) is 84.0 Å². The average molecular weight is 405 g/mol. The van der Waals surface area contributed by atoms with Crippen molar-refractivity contribution in [2.24, 2.45) is 0 Å². The van der Waals surface area contributed by atoms with Crippen LogP contribution in [0.4, 0.5) is 10.1 Å². The predicted molar refractivity (Wildman–Crippen MR) is 116 cm³/mol. The highest BCUT2D eigenvalue weighted by atomic mass is 32.2. The quantitative estimate of drug-likeness (QED) is 0.425. The highest BCUT2D eigenvalue weighted by Crippen LogP contribution is 2.26. The second-order valence-corrected chi connectivity index (χ2v) is 7.62. The molecule has 1 heterocycles. The molecular weight excluding hydrogens is 385 g/mol. The summed E-state index contributed by atoms with van der Waals surface area (Å²) >= 11 is 1.41. The molecule has 4 nitrogen and oxygen atoms in total. The highest BCUT2D eigenvalue weighted by molar-refractivity contribution is 7.99. The van der Waals surface area contributed by atoms with Gasteiger partial charge in [-0.25, -0.2) is 9.37 Å². The van der Waals surface area contributed by atoms with Gasteiger partial charge in [0, 0.05) is 12.7 Å². The summed E-state index contributed by atoms with van der Waals surface area (Å²) in [6.45, 7) is 0.561. The summed E-state index contributed by atoms with van der Waals surface area (Å²) in [6.07, 6.45) is 0. The highest BCUT2D eigenvalue weighted by Gasteiger charge is 2.16. The summed E-state index contributed by atoms with van der Waals surface area (Å²) in [4.78, 5) is 19.0. The van der Waals surface area contributed by atoms with Gasteiger partial charge in [0.05, 0.1) is 23.3 Å². The van der Waals surface area contributed by atoms with Crippen molar-refractivity contribution in [2.75, 3.05) is 17.7 Å². The Labute approximate surface area is 173 Å². The molecule has 0 aliphatic heterocycles. The first-order chi connectivity index (χ1) is 14.1. The maximum atomic E-state index is 13.3. The van der Waals surface area contributed by atoms with Crippen molar-refractivity contribution >= 4 is 34.4 Å². The van der Waals surface area contributed by atoms with Crippen LogP contribution in [0.1, 0.15) is 5.56 Å². The summed E-state index contributed by atoms with van der Waals surface area (Å²) in [6, 6.07) is 23.9. The molecule has 0 saturated carbocycles. The van der Waals surface area contributed by atoms with Gasteiger partial charge in [0.15, 0.2) is 5.16 Å². The molecule has 0 unspecified atom stereocenters. The van der Waals surface area contributed by atoms with Gasteiger partial charge in [0.1, 0.15) is 5.82 Å². The van der Waals surface area contributed by atoms with Crippen molar-refractivity contribution in [3.05, 3.63) is 90.2 Å². The van der Waals surface area contributed by atoms with Crippen LogP contribution in [0.5, 0.6) is 0 Å². The van der Waals surface area contributed by atoms with Gasteiger partial charge in [-0.05, 0) is 42.0 Å². The Morgan fingerprint density at radius 3 is 2.45 bits per heavy atom. The smallest absolute Gasteiger partial charge is 0.237 e. The monoisotopic (exact) mass is 405 g/mol. The summed E-state index contributed by atoms with van der Waals surface area (Å²) in [7, 11) is 1.78. The van der Waals surface area contributed by atoms with E-state index in [0.717, 1.165) is 27.4 Å². The van der Waals surface area contributed by atoms with Crippen LogP contribution in [0.25, 0.3) is 11.0 Å². The number of benzene rings is 3. The van der Waals surface area contributed by atoms with Crippen LogP contribution in [0.3, 0.4) is 0 Å². The molecule has 0 aliphatic carbocycles. The van der Waals surface area contributed by atoms with Crippen LogP contribution in [-0.2, 0) is 11.3 Å². The number of halogens is 1. The van der Waals surface area contributed by atoms with E-state index in [9.17, 15) is 9.18 Å². The molecule has 3 aromatic carbocycles. The standard InChI is InChI=1S/C23H20FN3OS/c1-26(19-7-3-2-4-8-19)22(28)16-29-23-25-20-9-5-6-10-21(20)27(23)15-17-11-13-18(24)14-12-17/h2-14H,15-16H2,1H3. The number of aromatic nitrogens is 2. The third kappa shape index (κ3) is 4.32. The molecule has 1 aromatic heterocycles. The molecule has 0 saturated heterocycles. The van der Waals surface area contributed by atoms with Crippen molar-refractivity contribution in [2.45, 2.75) is 11.7 Å². The largest absolute Gasteiger partial charge is 0.315 e. The second-order valence-electron chi connectivity index (χ2n) is 6.67. The normalized spacial score (nSPS) is 11.0. The van der Waals surface area contributed by atoms with Crippen molar-refractivity contribution in [1.82, 2.24) is 9.55 Å². The summed E-state index contributed by atoms with van der Waals surface area (Å²) in [5.41, 5.74) is 3.70. The van der Waals surface area contributed by atoms with Crippen molar-refractivity contribution in [1.29, 1.82) is 0 Å². The number of amides is 1. The van der Waals surface area contributed by atoms with E-state index < -0.39 is 0 Å². The molecule has 146 valence electrons. The molecule has 0 N–H and O–H groups in total. The fourth-order valence-electron chi connectivity index (χ4n) is 3.11. The first kappa shape index (κ1) is 19.2. The van der Waals surface area contributed by atoms with Gasteiger partial charge in [0.25, 0.3) is 0 Å². The number of carbonyl (C=O) groups is 1. The molecule has 4 rings (SSSR count). The van der Waals surface area contributed by atoms with Crippen molar-refractivity contribution in [3.63, 3.8) is 0 Å². The number of thioether (sulfide) groups is 1. The molecule has 0 aliphatic rings. The van der Waals surface area contributed by atoms with Crippen molar-refractivity contribution in [3.8, 4) is 0 Å². The Morgan fingerprint density at radius 2 is 1.69 bits per heavy atom. The van der Waals surface area contributed by atoms with Crippen LogP contribution < -0.4 is 4.90 Å². The number of carbonyl (C=O) groups excluding carboxylic acids is 1. The van der Waals surface area contributed by atoms with Gasteiger partial charge in [-0.3, -0.25) is 4.79 Å². The summed E-state index contributed by atoms with van der Waals surface area (Å²) < 4.78 is 15.3. The minimum atomic E-state index is -0.256. The fourth-order valence-corrected chi connectivity index (χ4v) is 4.04. The van der Waals surface area contributed by atoms with Crippen LogP contribution in [0.2, 0.25) is 0 Å². The number of fused-ring (bicyclic) bond motifs is 1. The maximum Gasteiger partial charge on any atom is 0.237 e. The minimum absolute atomic E-state index is 0.00147. The Bertz CT molecular complexity index is 1130. The number of hydrogen-bond acceptors (Lipinski definition) is 3. The lowest BCUT2D eigenvalue weighted by Gasteiger charge is -2.17. The SMILES string of the molecule is CN(C(=O)CSc1nc2ccccc2n1Cc1ccc(F)cc1)c1ccccc1. The van der Waals surface area contributed by atoms with Gasteiger partial charge in [-0.2, -0.15) is 0 Å². The maximum absolute atomic E-state index is 13.3. The van der Waals surface area contributed by atoms with Gasteiger partial charge in [-0.1, -0.05) is 54.2 Å². The van der Waals surface area contributed by atoms with E-state index in [1.165, 1.54) is 23.9 Å². The van der Waals surface area contributed by atoms with Crippen LogP contribution >= 0.6 is 11.8 Å². The van der Waals surface area contributed by atoms with Gasteiger partial charge < -0.3 is 9.47 Å². The molecule has 0 atom stereocenters. The molecular formula is C23H20FN3OS. The third-order valence-electron chi connectivity index (χ3n) is 4.72. The topological polar surface area (TPSA) is 38.1 Å². The lowest BCUT2D eigenvalue weighted by atomic mass is 10.2. The van der Waals surface area contributed by atoms with E-state index >= 15 is 0 Å². The molecule has 1 amide bonds. The van der Waals surface area contributed by atoms with E-state index in [0.29, 0.717) is 6.54 Å². The number of hydrogen-bond donors (Lipinski definition) is 0. The second kappa shape index (κ2) is 8.49. The third-order valence-corrected chi connectivity index (χ3v) is 5.68. The molecule has 6 heteroatoms. The number of para-hydroxylation sites is 3. The van der Waals surface area contributed by atoms with E-state index in [4.69, 9.17) is 4.98 Å². The summed E-state index contributed by atoms with van der Waals surface area (Å²) in [5, 5.41) is 0.769. The van der Waals surface area contributed by atoms with E-state index in [-0.39, 0.29) is 17.5 Å². The van der Waals surface area contributed by atoms with Crippen molar-refractivity contribution < 1.29 is 9.18 Å². The predicted octanol–water partition coefficient (Wildman–Crippen LogP) is 4.98. The lowest BCUT2D eigenvalue weighted by Crippen LogP contribution is -2.27. The molecule has 4 aromatic rings. The zero-order chi connectivity index (χ0) is 20.2. The number of anilines is 1. The molecule has 0 bridgehead atoms. The Balaban J connectivity index is 1.56.